The van der Waals surface area contributed by atoms with Gasteiger partial charge in [0.25, 0.3) is 11.8 Å². The fraction of sp³-hybridized carbons (Fsp3) is 0.222. The number of anilines is 1. The third kappa shape index (κ3) is 3.68. The van der Waals surface area contributed by atoms with E-state index < -0.39 is 11.8 Å². The van der Waals surface area contributed by atoms with E-state index in [9.17, 15) is 9.59 Å². The van der Waals surface area contributed by atoms with Gasteiger partial charge in [-0.2, -0.15) is 0 Å². The Morgan fingerprint density at radius 2 is 2.11 bits per heavy atom. The van der Waals surface area contributed by atoms with E-state index in [1.165, 1.54) is 30.7 Å². The number of fused-ring (bicyclic) bond motifs is 1. The van der Waals surface area contributed by atoms with Gasteiger partial charge in [0.2, 0.25) is 5.88 Å². The average Bonchev–Trinajstić information content (AvgIpc) is 3.01. The quantitative estimate of drug-likeness (QED) is 0.673. The monoisotopic (exact) mass is 386 g/mol. The number of nitrogens with two attached hydrogens (primary N) is 1. The Morgan fingerprint density at radius 3 is 2.78 bits per heavy atom. The van der Waals surface area contributed by atoms with E-state index in [1.807, 2.05) is 19.9 Å². The van der Waals surface area contributed by atoms with Crippen LogP contribution >= 0.6 is 11.3 Å². The van der Waals surface area contributed by atoms with Gasteiger partial charge in [-0.05, 0) is 26.0 Å². The Hall–Kier alpha value is -3.20. The molecule has 0 aliphatic heterocycles. The number of carbonyl (C=O) groups is 2. The highest BCUT2D eigenvalue weighted by molar-refractivity contribution is 7.19. The standard InChI is InChI=1S/C18H18N4O4S/c1-4-26-13-6-5-11-16(27-9(2)21-11)15(13)18(24)22-12-8-20-14(25-3)7-10(12)17(19)23/h5-8H,4H2,1-3H3,(H2,19,23)(H,22,24). The molecule has 0 bridgehead atoms. The molecule has 0 radical (unpaired) electrons. The van der Waals surface area contributed by atoms with Crippen molar-refractivity contribution in [3.8, 4) is 11.6 Å². The molecule has 27 heavy (non-hydrogen) atoms. The molecule has 0 atom stereocenters. The number of aryl methyl sites for hydroxylation is 1. The Morgan fingerprint density at radius 1 is 1.33 bits per heavy atom. The van der Waals surface area contributed by atoms with Gasteiger partial charge in [0.15, 0.2) is 0 Å². The second-order valence-electron chi connectivity index (χ2n) is 5.54. The van der Waals surface area contributed by atoms with Crippen molar-refractivity contribution < 1.29 is 19.1 Å². The van der Waals surface area contributed by atoms with Gasteiger partial charge in [0.05, 0.1) is 46.4 Å². The minimum absolute atomic E-state index is 0.0980. The molecule has 0 saturated carbocycles. The number of aromatic nitrogens is 2. The van der Waals surface area contributed by atoms with Crippen LogP contribution in [0.2, 0.25) is 0 Å². The molecule has 140 valence electrons. The summed E-state index contributed by atoms with van der Waals surface area (Å²) < 4.78 is 11.3. The zero-order chi connectivity index (χ0) is 19.6. The second-order valence-corrected chi connectivity index (χ2v) is 6.75. The highest BCUT2D eigenvalue weighted by Gasteiger charge is 2.21. The van der Waals surface area contributed by atoms with Gasteiger partial charge in [-0.25, -0.2) is 9.97 Å². The molecule has 0 fully saturated rings. The van der Waals surface area contributed by atoms with E-state index in [1.54, 1.807) is 6.07 Å². The molecule has 0 aliphatic rings. The highest BCUT2D eigenvalue weighted by atomic mass is 32.1. The molecule has 3 N–H and O–H groups in total. The molecule has 0 aliphatic carbocycles. The molecule has 3 aromatic rings. The fourth-order valence-corrected chi connectivity index (χ4v) is 3.57. The summed E-state index contributed by atoms with van der Waals surface area (Å²) >= 11 is 1.40. The zero-order valence-corrected chi connectivity index (χ0v) is 15.8. The first-order valence-corrected chi connectivity index (χ1v) is 8.94. The maximum atomic E-state index is 13.0. The van der Waals surface area contributed by atoms with Crippen LogP contribution in [0.25, 0.3) is 10.2 Å². The third-order valence-corrected chi connectivity index (χ3v) is 4.76. The summed E-state index contributed by atoms with van der Waals surface area (Å²) in [6.45, 7) is 4.11. The predicted octanol–water partition coefficient (Wildman–Crippen LogP) is 2.76. The van der Waals surface area contributed by atoms with Crippen LogP contribution in [-0.4, -0.2) is 35.5 Å². The summed E-state index contributed by atoms with van der Waals surface area (Å²) in [5.41, 5.74) is 6.76. The molecule has 2 amide bonds. The number of ether oxygens (including phenoxy) is 2. The number of nitrogens with zero attached hydrogens (tertiary/aromatic N) is 2. The van der Waals surface area contributed by atoms with Crippen LogP contribution in [0.4, 0.5) is 5.69 Å². The van der Waals surface area contributed by atoms with Crippen molar-refractivity contribution in [2.24, 2.45) is 5.73 Å². The average molecular weight is 386 g/mol. The van der Waals surface area contributed by atoms with Crippen LogP contribution in [0.5, 0.6) is 11.6 Å². The van der Waals surface area contributed by atoms with Gasteiger partial charge in [-0.15, -0.1) is 11.3 Å². The summed E-state index contributed by atoms with van der Waals surface area (Å²) in [6.07, 6.45) is 1.33. The number of rotatable bonds is 6. The summed E-state index contributed by atoms with van der Waals surface area (Å²) in [4.78, 5) is 33.2. The number of nitrogens with one attached hydrogen (secondary N) is 1. The number of hydrogen-bond donors (Lipinski definition) is 2. The highest BCUT2D eigenvalue weighted by Crippen LogP contribution is 2.33. The molecule has 0 unspecified atom stereocenters. The van der Waals surface area contributed by atoms with E-state index in [-0.39, 0.29) is 17.1 Å². The Balaban J connectivity index is 2.06. The molecule has 2 heterocycles. The first kappa shape index (κ1) is 18.6. The van der Waals surface area contributed by atoms with Crippen LogP contribution in [0.15, 0.2) is 24.4 Å². The lowest BCUT2D eigenvalue weighted by molar-refractivity contribution is 0.100. The summed E-state index contributed by atoms with van der Waals surface area (Å²) in [6, 6.07) is 4.89. The third-order valence-electron chi connectivity index (χ3n) is 3.75. The second kappa shape index (κ2) is 7.58. The Bertz CT molecular complexity index is 1030. The normalized spacial score (nSPS) is 10.6. The van der Waals surface area contributed by atoms with E-state index >= 15 is 0 Å². The molecule has 0 spiro atoms. The number of carbonyl (C=O) groups excluding carboxylic acids is 2. The van der Waals surface area contributed by atoms with Crippen molar-refractivity contribution in [2.45, 2.75) is 13.8 Å². The molecular formula is C18H18N4O4S. The molecule has 2 aromatic heterocycles. The van der Waals surface area contributed by atoms with Crippen LogP contribution < -0.4 is 20.5 Å². The van der Waals surface area contributed by atoms with Crippen molar-refractivity contribution in [1.29, 1.82) is 0 Å². The maximum absolute atomic E-state index is 13.0. The van der Waals surface area contributed by atoms with Crippen LogP contribution in [0.3, 0.4) is 0 Å². The number of pyridine rings is 1. The zero-order valence-electron chi connectivity index (χ0n) is 15.0. The van der Waals surface area contributed by atoms with E-state index in [0.29, 0.717) is 28.1 Å². The minimum Gasteiger partial charge on any atom is -0.493 e. The van der Waals surface area contributed by atoms with Crippen molar-refractivity contribution in [1.82, 2.24) is 9.97 Å². The summed E-state index contributed by atoms with van der Waals surface area (Å²) in [5, 5.41) is 3.53. The smallest absolute Gasteiger partial charge is 0.261 e. The number of hydrogen-bond acceptors (Lipinski definition) is 7. The van der Waals surface area contributed by atoms with Gasteiger partial charge in [-0.3, -0.25) is 9.59 Å². The first-order chi connectivity index (χ1) is 12.9. The van der Waals surface area contributed by atoms with Crippen LogP contribution in [0, 0.1) is 6.92 Å². The van der Waals surface area contributed by atoms with E-state index in [4.69, 9.17) is 15.2 Å². The predicted molar refractivity (Wildman–Crippen MR) is 103 cm³/mol. The van der Waals surface area contributed by atoms with Gasteiger partial charge in [0.1, 0.15) is 11.3 Å². The maximum Gasteiger partial charge on any atom is 0.261 e. The van der Waals surface area contributed by atoms with Gasteiger partial charge < -0.3 is 20.5 Å². The van der Waals surface area contributed by atoms with E-state index in [0.717, 1.165) is 5.01 Å². The fourth-order valence-electron chi connectivity index (χ4n) is 2.61. The number of thiazole rings is 1. The van der Waals surface area contributed by atoms with Gasteiger partial charge in [0, 0.05) is 6.07 Å². The molecule has 3 rings (SSSR count). The van der Waals surface area contributed by atoms with E-state index in [2.05, 4.69) is 15.3 Å². The Kier molecular flexibility index (Phi) is 5.22. The van der Waals surface area contributed by atoms with Gasteiger partial charge in [-0.1, -0.05) is 0 Å². The molecule has 1 aromatic carbocycles. The van der Waals surface area contributed by atoms with Crippen molar-refractivity contribution in [2.75, 3.05) is 19.0 Å². The van der Waals surface area contributed by atoms with Crippen molar-refractivity contribution in [3.63, 3.8) is 0 Å². The lowest BCUT2D eigenvalue weighted by atomic mass is 10.1. The number of amides is 2. The molecular weight excluding hydrogens is 368 g/mol. The largest absolute Gasteiger partial charge is 0.493 e. The van der Waals surface area contributed by atoms with Crippen LogP contribution in [0.1, 0.15) is 32.6 Å². The number of primary amides is 1. The summed E-state index contributed by atoms with van der Waals surface area (Å²) in [5.74, 6) is -0.490. The molecule has 0 saturated heterocycles. The van der Waals surface area contributed by atoms with Crippen LogP contribution in [-0.2, 0) is 0 Å². The lowest BCUT2D eigenvalue weighted by Gasteiger charge is -2.13. The molecule has 8 nitrogen and oxygen atoms in total. The van der Waals surface area contributed by atoms with Crippen molar-refractivity contribution in [3.05, 3.63) is 40.5 Å². The number of benzene rings is 1. The van der Waals surface area contributed by atoms with Gasteiger partial charge >= 0.3 is 0 Å². The SMILES string of the molecule is CCOc1ccc2nc(C)sc2c1C(=O)Nc1cnc(OC)cc1C(N)=O. The topological polar surface area (TPSA) is 116 Å². The Labute approximate surface area is 159 Å². The number of methoxy groups -OCH3 is 1. The lowest BCUT2D eigenvalue weighted by Crippen LogP contribution is -2.19. The summed E-state index contributed by atoms with van der Waals surface area (Å²) in [7, 11) is 1.42. The molecule has 9 heteroatoms. The van der Waals surface area contributed by atoms with Crippen molar-refractivity contribution >= 4 is 39.1 Å². The first-order valence-electron chi connectivity index (χ1n) is 8.12. The minimum atomic E-state index is -0.706.